The van der Waals surface area contributed by atoms with E-state index in [1.165, 1.54) is 0 Å². The Kier molecular flexibility index (Phi) is 6.27. The molecule has 3 heterocycles. The lowest BCUT2D eigenvalue weighted by molar-refractivity contribution is -0.132. The molecule has 2 aliphatic rings. The predicted molar refractivity (Wildman–Crippen MR) is 120 cm³/mol. The molecule has 1 aliphatic carbocycles. The fraction of sp³-hybridized carbons (Fsp3) is 0.652. The minimum atomic E-state index is 0.0484. The number of likely N-dealkylation sites (N-methyl/N-ethyl adjacent to an activating group) is 1. The van der Waals surface area contributed by atoms with Gasteiger partial charge in [-0.3, -0.25) is 14.5 Å². The summed E-state index contributed by atoms with van der Waals surface area (Å²) in [5.74, 6) is 0.678. The molecule has 31 heavy (non-hydrogen) atoms. The van der Waals surface area contributed by atoms with Crippen molar-refractivity contribution >= 4 is 22.8 Å². The van der Waals surface area contributed by atoms with Gasteiger partial charge >= 0.3 is 0 Å². The number of pyridine rings is 1. The topological polar surface area (TPSA) is 74.6 Å². The van der Waals surface area contributed by atoms with E-state index in [1.54, 1.807) is 6.20 Å². The van der Waals surface area contributed by atoms with Crippen LogP contribution in [0, 0.1) is 0 Å². The number of fused-ring (bicyclic) bond motifs is 1. The molecule has 1 aliphatic heterocycles. The molecule has 0 N–H and O–H groups in total. The van der Waals surface area contributed by atoms with Gasteiger partial charge in [-0.05, 0) is 46.6 Å². The number of nitrogens with zero attached hydrogens (tertiary/aromatic N) is 6. The third kappa shape index (κ3) is 4.44. The highest BCUT2D eigenvalue weighted by atomic mass is 16.2. The van der Waals surface area contributed by atoms with Crippen molar-refractivity contribution in [3.05, 3.63) is 23.5 Å². The number of hydrogen-bond donors (Lipinski definition) is 0. The first kappa shape index (κ1) is 21.7. The van der Waals surface area contributed by atoms with Crippen molar-refractivity contribution in [3.8, 4) is 0 Å². The van der Waals surface area contributed by atoms with E-state index in [1.807, 2.05) is 34.4 Å². The summed E-state index contributed by atoms with van der Waals surface area (Å²) in [5, 5.41) is 5.35. The van der Waals surface area contributed by atoms with E-state index in [9.17, 15) is 9.59 Å². The fourth-order valence-electron chi connectivity index (χ4n) is 4.33. The fourth-order valence-corrected chi connectivity index (χ4v) is 4.33. The number of carbonyl (C=O) groups is 2. The standard InChI is InChI=1S/C23H34N6O2/c1-5-27(6-2)21(30)15-26-9-11-28(12-10-26)23(31)18-13-20(17-7-8-17)25-22-19(18)14-24-29(22)16(3)4/h13-14,16-17H,5-12,15H2,1-4H3. The van der Waals surface area contributed by atoms with Gasteiger partial charge in [0, 0.05) is 56.9 Å². The molecule has 2 fully saturated rings. The largest absolute Gasteiger partial charge is 0.342 e. The first-order valence-electron chi connectivity index (χ1n) is 11.6. The van der Waals surface area contributed by atoms with Crippen LogP contribution >= 0.6 is 0 Å². The van der Waals surface area contributed by atoms with Crippen LogP contribution in [0.5, 0.6) is 0 Å². The Morgan fingerprint density at radius 3 is 2.39 bits per heavy atom. The van der Waals surface area contributed by atoms with E-state index in [0.717, 1.165) is 42.7 Å². The zero-order valence-electron chi connectivity index (χ0n) is 19.2. The summed E-state index contributed by atoms with van der Waals surface area (Å²) in [4.78, 5) is 36.7. The molecule has 0 aromatic carbocycles. The Bertz CT molecular complexity index is 952. The molecule has 2 amide bonds. The third-order valence-corrected chi connectivity index (χ3v) is 6.44. The van der Waals surface area contributed by atoms with Crippen LogP contribution in [-0.2, 0) is 4.79 Å². The van der Waals surface area contributed by atoms with Crippen LogP contribution < -0.4 is 0 Å². The van der Waals surface area contributed by atoms with E-state index in [0.29, 0.717) is 44.2 Å². The molecule has 0 radical (unpaired) electrons. The van der Waals surface area contributed by atoms with Crippen molar-refractivity contribution in [2.75, 3.05) is 45.8 Å². The maximum absolute atomic E-state index is 13.5. The van der Waals surface area contributed by atoms with Crippen LogP contribution in [0.15, 0.2) is 12.3 Å². The molecule has 0 unspecified atom stereocenters. The van der Waals surface area contributed by atoms with Gasteiger partial charge in [-0.15, -0.1) is 0 Å². The SMILES string of the molecule is CCN(CC)C(=O)CN1CCN(C(=O)c2cc(C3CC3)nc3c2cnn3C(C)C)CC1. The lowest BCUT2D eigenvalue weighted by Gasteiger charge is -2.35. The molecule has 2 aromatic rings. The van der Waals surface area contributed by atoms with Crippen LogP contribution in [0.4, 0.5) is 0 Å². The molecule has 1 saturated carbocycles. The zero-order valence-corrected chi connectivity index (χ0v) is 19.2. The molecule has 0 atom stereocenters. The van der Waals surface area contributed by atoms with Gasteiger partial charge in [-0.25, -0.2) is 9.67 Å². The van der Waals surface area contributed by atoms with Crippen molar-refractivity contribution in [2.45, 2.75) is 52.5 Å². The van der Waals surface area contributed by atoms with Gasteiger partial charge in [0.05, 0.1) is 23.7 Å². The Balaban J connectivity index is 1.50. The molecule has 2 aromatic heterocycles. The van der Waals surface area contributed by atoms with Gasteiger partial charge in [-0.1, -0.05) is 0 Å². The van der Waals surface area contributed by atoms with Gasteiger partial charge in [-0.2, -0.15) is 5.10 Å². The van der Waals surface area contributed by atoms with E-state index >= 15 is 0 Å². The molecular weight excluding hydrogens is 392 g/mol. The number of amides is 2. The third-order valence-electron chi connectivity index (χ3n) is 6.44. The van der Waals surface area contributed by atoms with Crippen molar-refractivity contribution in [1.29, 1.82) is 0 Å². The average molecular weight is 427 g/mol. The molecule has 8 heteroatoms. The van der Waals surface area contributed by atoms with Crippen LogP contribution in [0.2, 0.25) is 0 Å². The Morgan fingerprint density at radius 2 is 1.81 bits per heavy atom. The minimum absolute atomic E-state index is 0.0484. The highest BCUT2D eigenvalue weighted by Gasteiger charge is 2.30. The Hall–Kier alpha value is -2.48. The minimum Gasteiger partial charge on any atom is -0.342 e. The van der Waals surface area contributed by atoms with Crippen molar-refractivity contribution in [3.63, 3.8) is 0 Å². The monoisotopic (exact) mass is 426 g/mol. The van der Waals surface area contributed by atoms with Gasteiger partial charge < -0.3 is 9.80 Å². The summed E-state index contributed by atoms with van der Waals surface area (Å²) in [5.41, 5.74) is 2.54. The molecule has 0 bridgehead atoms. The number of rotatable bonds is 7. The second-order valence-corrected chi connectivity index (χ2v) is 8.92. The average Bonchev–Trinajstić information content (AvgIpc) is 3.52. The number of carbonyl (C=O) groups excluding carboxylic acids is 2. The summed E-state index contributed by atoms with van der Waals surface area (Å²) in [6.45, 7) is 12.8. The molecular formula is C23H34N6O2. The van der Waals surface area contributed by atoms with Gasteiger partial charge in [0.15, 0.2) is 5.65 Å². The summed E-state index contributed by atoms with van der Waals surface area (Å²) in [6, 6.07) is 2.18. The van der Waals surface area contributed by atoms with Crippen LogP contribution in [0.3, 0.4) is 0 Å². The zero-order chi connectivity index (χ0) is 22.1. The highest BCUT2D eigenvalue weighted by molar-refractivity contribution is 6.05. The lowest BCUT2D eigenvalue weighted by Crippen LogP contribution is -2.51. The van der Waals surface area contributed by atoms with Gasteiger partial charge in [0.1, 0.15) is 0 Å². The normalized spacial score (nSPS) is 17.5. The molecule has 4 rings (SSSR count). The molecule has 8 nitrogen and oxygen atoms in total. The maximum Gasteiger partial charge on any atom is 0.254 e. The summed E-state index contributed by atoms with van der Waals surface area (Å²) in [6.07, 6.45) is 4.06. The second kappa shape index (κ2) is 8.94. The Morgan fingerprint density at radius 1 is 1.13 bits per heavy atom. The van der Waals surface area contributed by atoms with E-state index in [-0.39, 0.29) is 17.9 Å². The molecule has 1 saturated heterocycles. The number of aromatic nitrogens is 3. The second-order valence-electron chi connectivity index (χ2n) is 8.92. The van der Waals surface area contributed by atoms with E-state index in [2.05, 4.69) is 23.8 Å². The number of hydrogen-bond acceptors (Lipinski definition) is 5. The highest BCUT2D eigenvalue weighted by Crippen LogP contribution is 2.40. The van der Waals surface area contributed by atoms with Crippen molar-refractivity contribution in [1.82, 2.24) is 29.5 Å². The van der Waals surface area contributed by atoms with Crippen LogP contribution in [-0.4, -0.2) is 87.1 Å². The van der Waals surface area contributed by atoms with Crippen molar-refractivity contribution in [2.24, 2.45) is 0 Å². The predicted octanol–water partition coefficient (Wildman–Crippen LogP) is 2.52. The first-order valence-corrected chi connectivity index (χ1v) is 11.6. The number of piperazine rings is 1. The van der Waals surface area contributed by atoms with Gasteiger partial charge in [0.2, 0.25) is 5.91 Å². The van der Waals surface area contributed by atoms with Crippen molar-refractivity contribution < 1.29 is 9.59 Å². The Labute approximate surface area is 184 Å². The van der Waals surface area contributed by atoms with Gasteiger partial charge in [0.25, 0.3) is 5.91 Å². The van der Waals surface area contributed by atoms with Crippen LogP contribution in [0.25, 0.3) is 11.0 Å². The summed E-state index contributed by atoms with van der Waals surface area (Å²) < 4.78 is 1.91. The van der Waals surface area contributed by atoms with Crippen LogP contribution in [0.1, 0.15) is 68.5 Å². The first-order chi connectivity index (χ1) is 14.9. The quantitative estimate of drug-likeness (QED) is 0.680. The smallest absolute Gasteiger partial charge is 0.254 e. The maximum atomic E-state index is 13.5. The molecule has 168 valence electrons. The summed E-state index contributed by atoms with van der Waals surface area (Å²) >= 11 is 0. The van der Waals surface area contributed by atoms with E-state index < -0.39 is 0 Å². The van der Waals surface area contributed by atoms with E-state index in [4.69, 9.17) is 4.98 Å². The summed E-state index contributed by atoms with van der Waals surface area (Å²) in [7, 11) is 0. The molecule has 0 spiro atoms. The lowest BCUT2D eigenvalue weighted by atomic mass is 10.1.